The smallest absolute Gasteiger partial charge is 0.220 e. The van der Waals surface area contributed by atoms with E-state index in [2.05, 4.69) is 44.3 Å². The van der Waals surface area contributed by atoms with E-state index >= 15 is 0 Å². The second-order valence-electron chi connectivity index (χ2n) is 4.85. The maximum absolute atomic E-state index is 5.43. The molecule has 1 aromatic heterocycles. The van der Waals surface area contributed by atoms with E-state index in [1.807, 2.05) is 7.05 Å². The summed E-state index contributed by atoms with van der Waals surface area (Å²) in [6, 6.07) is 9.10. The fourth-order valence-corrected chi connectivity index (χ4v) is 2.81. The van der Waals surface area contributed by atoms with Crippen LogP contribution < -0.4 is 15.8 Å². The van der Waals surface area contributed by atoms with Crippen LogP contribution in [-0.2, 0) is 0 Å². The average Bonchev–Trinajstić information content (AvgIpc) is 2.50. The third-order valence-corrected chi connectivity index (χ3v) is 4.46. The van der Waals surface area contributed by atoms with Gasteiger partial charge in [0.2, 0.25) is 5.95 Å². The third kappa shape index (κ3) is 5.36. The van der Waals surface area contributed by atoms with Gasteiger partial charge in [0.1, 0.15) is 0 Å². The molecule has 5 nitrogen and oxygen atoms in total. The van der Waals surface area contributed by atoms with Gasteiger partial charge in [-0.2, -0.15) is 0 Å². The van der Waals surface area contributed by atoms with E-state index in [1.54, 1.807) is 11.9 Å². The molecule has 4 N–H and O–H groups in total. The number of para-hydroxylation sites is 1. The molecule has 0 radical (unpaired) electrons. The number of anilines is 2. The SMILES string of the molecule is CNc1ccccc1SNC1CCC1.Nc1ncc(Cl)cn1. The maximum Gasteiger partial charge on any atom is 0.220 e. The lowest BCUT2D eigenvalue weighted by atomic mass is 9.94. The number of halogens is 1. The minimum atomic E-state index is 0.245. The first kappa shape index (κ1) is 16.9. The Kier molecular flexibility index (Phi) is 6.76. The van der Waals surface area contributed by atoms with Crippen LogP contribution in [0.2, 0.25) is 5.02 Å². The normalized spacial score (nSPS) is 13.7. The molecule has 1 aromatic carbocycles. The van der Waals surface area contributed by atoms with Gasteiger partial charge in [-0.25, -0.2) is 9.97 Å². The van der Waals surface area contributed by atoms with Crippen LogP contribution in [0.15, 0.2) is 41.6 Å². The molecular weight excluding hydrogens is 318 g/mol. The van der Waals surface area contributed by atoms with Gasteiger partial charge in [-0.3, -0.25) is 4.72 Å². The van der Waals surface area contributed by atoms with Crippen LogP contribution in [0, 0.1) is 0 Å². The lowest BCUT2D eigenvalue weighted by Gasteiger charge is -2.26. The van der Waals surface area contributed by atoms with E-state index in [9.17, 15) is 0 Å². The number of nitrogens with one attached hydrogen (secondary N) is 2. The zero-order valence-electron chi connectivity index (χ0n) is 12.4. The number of hydrogen-bond donors (Lipinski definition) is 3. The van der Waals surface area contributed by atoms with Crippen LogP contribution in [0.5, 0.6) is 0 Å². The fourth-order valence-electron chi connectivity index (χ4n) is 1.76. The molecule has 3 rings (SSSR count). The maximum atomic E-state index is 5.43. The topological polar surface area (TPSA) is 75.9 Å². The summed E-state index contributed by atoms with van der Waals surface area (Å²) in [6.45, 7) is 0. The summed E-state index contributed by atoms with van der Waals surface area (Å²) in [4.78, 5) is 8.51. The molecule has 0 unspecified atom stereocenters. The van der Waals surface area contributed by atoms with Gasteiger partial charge < -0.3 is 11.1 Å². The average molecular weight is 338 g/mol. The van der Waals surface area contributed by atoms with E-state index in [0.717, 1.165) is 6.04 Å². The van der Waals surface area contributed by atoms with Gasteiger partial charge in [0.05, 0.1) is 17.4 Å². The highest BCUT2D eigenvalue weighted by Gasteiger charge is 2.17. The Hall–Kier alpha value is -1.50. The van der Waals surface area contributed by atoms with Crippen LogP contribution in [0.25, 0.3) is 0 Å². The summed E-state index contributed by atoms with van der Waals surface area (Å²) in [6.07, 6.45) is 6.93. The molecule has 22 heavy (non-hydrogen) atoms. The summed E-state index contributed by atoms with van der Waals surface area (Å²) < 4.78 is 3.49. The molecule has 1 fully saturated rings. The van der Waals surface area contributed by atoms with Crippen molar-refractivity contribution in [2.45, 2.75) is 30.2 Å². The molecule has 0 atom stereocenters. The van der Waals surface area contributed by atoms with Crippen molar-refractivity contribution in [3.8, 4) is 0 Å². The van der Waals surface area contributed by atoms with Crippen molar-refractivity contribution in [2.24, 2.45) is 0 Å². The van der Waals surface area contributed by atoms with Gasteiger partial charge in [-0.1, -0.05) is 30.2 Å². The Balaban J connectivity index is 0.000000188. The lowest BCUT2D eigenvalue weighted by molar-refractivity contribution is 0.395. The second kappa shape index (κ2) is 8.82. The summed E-state index contributed by atoms with van der Waals surface area (Å²) >= 11 is 7.17. The highest BCUT2D eigenvalue weighted by Crippen LogP contribution is 2.28. The van der Waals surface area contributed by atoms with Crippen molar-refractivity contribution in [1.29, 1.82) is 0 Å². The zero-order chi connectivity index (χ0) is 15.8. The van der Waals surface area contributed by atoms with Crippen molar-refractivity contribution in [3.05, 3.63) is 41.7 Å². The number of benzene rings is 1. The predicted octanol–water partition coefficient (Wildman–Crippen LogP) is 3.59. The van der Waals surface area contributed by atoms with E-state index in [4.69, 9.17) is 17.3 Å². The first-order valence-corrected chi connectivity index (χ1v) is 8.30. The predicted molar refractivity (Wildman–Crippen MR) is 94.1 cm³/mol. The van der Waals surface area contributed by atoms with E-state index < -0.39 is 0 Å². The molecular formula is C15H20ClN5S. The Morgan fingerprint density at radius 2 is 1.91 bits per heavy atom. The van der Waals surface area contributed by atoms with Crippen LogP contribution >= 0.6 is 23.5 Å². The highest BCUT2D eigenvalue weighted by molar-refractivity contribution is 7.97. The van der Waals surface area contributed by atoms with Crippen molar-refractivity contribution in [2.75, 3.05) is 18.1 Å². The number of nitrogen functional groups attached to an aromatic ring is 1. The standard InChI is InChI=1S/C11H16N2S.C4H4ClN3/c1-12-10-7-2-3-8-11(10)14-13-9-5-4-6-9;5-3-1-7-4(6)8-2-3/h2-3,7-9,12-13H,4-6H2,1H3;1-2H,(H2,6,7,8). The minimum Gasteiger partial charge on any atom is -0.387 e. The van der Waals surface area contributed by atoms with Crippen LogP contribution in [0.3, 0.4) is 0 Å². The molecule has 1 heterocycles. The summed E-state index contributed by atoms with van der Waals surface area (Å²) in [5.74, 6) is 0.245. The zero-order valence-corrected chi connectivity index (χ0v) is 14.0. The van der Waals surface area contributed by atoms with Gasteiger partial charge in [-0.15, -0.1) is 0 Å². The number of nitrogens with two attached hydrogens (primary N) is 1. The molecule has 0 bridgehead atoms. The van der Waals surface area contributed by atoms with Crippen molar-refractivity contribution >= 4 is 35.2 Å². The molecule has 1 aliphatic carbocycles. The van der Waals surface area contributed by atoms with E-state index in [1.165, 1.54) is 42.2 Å². The molecule has 0 spiro atoms. The molecule has 118 valence electrons. The van der Waals surface area contributed by atoms with Gasteiger partial charge in [-0.05, 0) is 36.9 Å². The Labute approximate surface area is 140 Å². The number of rotatable bonds is 4. The van der Waals surface area contributed by atoms with Crippen molar-refractivity contribution < 1.29 is 0 Å². The quantitative estimate of drug-likeness (QED) is 0.740. The van der Waals surface area contributed by atoms with Gasteiger partial charge in [0.15, 0.2) is 0 Å². The fraction of sp³-hybridized carbons (Fsp3) is 0.333. The van der Waals surface area contributed by atoms with Crippen LogP contribution in [0.4, 0.5) is 11.6 Å². The monoisotopic (exact) mass is 337 g/mol. The Morgan fingerprint density at radius 3 is 2.45 bits per heavy atom. The number of aromatic nitrogens is 2. The largest absolute Gasteiger partial charge is 0.387 e. The molecule has 7 heteroatoms. The van der Waals surface area contributed by atoms with Crippen molar-refractivity contribution in [3.63, 3.8) is 0 Å². The molecule has 0 aliphatic heterocycles. The lowest BCUT2D eigenvalue weighted by Crippen LogP contribution is -2.30. The summed E-state index contributed by atoms with van der Waals surface area (Å²) in [7, 11) is 1.96. The molecule has 1 aliphatic rings. The Morgan fingerprint density at radius 1 is 1.23 bits per heavy atom. The van der Waals surface area contributed by atoms with Crippen LogP contribution in [0.1, 0.15) is 19.3 Å². The number of nitrogens with zero attached hydrogens (tertiary/aromatic N) is 2. The summed E-state index contributed by atoms with van der Waals surface area (Å²) in [5, 5.41) is 3.69. The Bertz CT molecular complexity index is 553. The van der Waals surface area contributed by atoms with Gasteiger partial charge in [0.25, 0.3) is 0 Å². The van der Waals surface area contributed by atoms with E-state index in [0.29, 0.717) is 5.02 Å². The molecule has 1 saturated carbocycles. The second-order valence-corrected chi connectivity index (χ2v) is 6.17. The number of hydrogen-bond acceptors (Lipinski definition) is 6. The van der Waals surface area contributed by atoms with Crippen molar-refractivity contribution in [1.82, 2.24) is 14.7 Å². The van der Waals surface area contributed by atoms with Gasteiger partial charge in [0, 0.05) is 23.7 Å². The first-order valence-electron chi connectivity index (χ1n) is 7.11. The third-order valence-electron chi connectivity index (χ3n) is 3.24. The molecule has 0 saturated heterocycles. The van der Waals surface area contributed by atoms with Gasteiger partial charge >= 0.3 is 0 Å². The molecule has 2 aromatic rings. The van der Waals surface area contributed by atoms with Crippen LogP contribution in [-0.4, -0.2) is 23.1 Å². The summed E-state index contributed by atoms with van der Waals surface area (Å²) in [5.41, 5.74) is 6.34. The first-order chi connectivity index (χ1) is 10.7. The minimum absolute atomic E-state index is 0.245. The van der Waals surface area contributed by atoms with E-state index in [-0.39, 0.29) is 5.95 Å². The molecule has 0 amide bonds. The highest BCUT2D eigenvalue weighted by atomic mass is 35.5.